The van der Waals surface area contributed by atoms with Crippen LogP contribution in [0.3, 0.4) is 0 Å². The molecule has 0 spiro atoms. The molecule has 0 amide bonds. The van der Waals surface area contributed by atoms with E-state index in [9.17, 15) is 0 Å². The Bertz CT molecular complexity index is 53.7. The molecule has 6 heteroatoms. The third kappa shape index (κ3) is 17.5. The Labute approximate surface area is 28.3 Å². The Hall–Kier alpha value is -0.890. The molecule has 0 aromatic carbocycles. The van der Waals surface area contributed by atoms with E-state index in [4.69, 9.17) is 19.2 Å². The van der Waals surface area contributed by atoms with E-state index in [0.717, 1.165) is 0 Å². The molecule has 0 atom stereocenters. The van der Waals surface area contributed by atoms with Crippen molar-refractivity contribution in [2.45, 2.75) is 0 Å². The van der Waals surface area contributed by atoms with Crippen LogP contribution in [0.25, 0.3) is 0 Å². The van der Waals surface area contributed by atoms with Gasteiger partial charge in [-0.3, -0.25) is 0 Å². The van der Waals surface area contributed by atoms with Gasteiger partial charge in [-0.25, -0.2) is 0 Å². The summed E-state index contributed by atoms with van der Waals surface area (Å²) in [5, 5.41) is 0. The maximum atomic E-state index is 8.55. The Morgan fingerprint density at radius 1 is 1.17 bits per heavy atom. The molecule has 0 fully saturated rings. The van der Waals surface area contributed by atoms with Crippen molar-refractivity contribution in [3.8, 4) is 0 Å². The monoisotopic (exact) mass is 338 g/mol. The molecule has 0 aromatic heterocycles. The fourth-order valence-corrected chi connectivity index (χ4v) is 0. The summed E-state index contributed by atoms with van der Waals surface area (Å²) in [6.07, 6.45) is 0. The Morgan fingerprint density at radius 3 is 1.17 bits per heavy atom. The van der Waals surface area contributed by atoms with Crippen molar-refractivity contribution in [1.29, 1.82) is 0 Å². The molecule has 0 aliphatic heterocycles. The SMILES string of the molecule is O=P([O-])([O-])[O-].[Cm+3]. The van der Waals surface area contributed by atoms with Crippen LogP contribution < -0.4 is 14.7 Å². The van der Waals surface area contributed by atoms with Crippen molar-refractivity contribution in [3.63, 3.8) is 0 Å². The summed E-state index contributed by atoms with van der Waals surface area (Å²) in [5.41, 5.74) is 0. The first kappa shape index (κ1) is 8.92. The van der Waals surface area contributed by atoms with Gasteiger partial charge in [-0.1, -0.05) is 0 Å². The predicted molar refractivity (Wildman–Crippen MR) is 7.61 cm³/mol. The molecule has 0 bridgehead atoms. The van der Waals surface area contributed by atoms with Gasteiger partial charge in [-0.05, 0) is 0 Å². The van der Waals surface area contributed by atoms with E-state index in [1.807, 2.05) is 0 Å². The molecule has 0 aromatic rings. The Morgan fingerprint density at radius 2 is 1.17 bits per heavy atom. The number of hydrogen-bond donors (Lipinski definition) is 0. The smallest absolute Gasteiger partial charge is 0.822 e. The van der Waals surface area contributed by atoms with Crippen molar-refractivity contribution in [2.75, 3.05) is 0 Å². The van der Waals surface area contributed by atoms with Gasteiger partial charge < -0.3 is 19.2 Å². The van der Waals surface area contributed by atoms with E-state index in [1.165, 1.54) is 0 Å². The number of rotatable bonds is 0. The van der Waals surface area contributed by atoms with Crippen LogP contribution in [0.4, 0.5) is 0 Å². The molecule has 0 N–H and O–H groups in total. The van der Waals surface area contributed by atoms with Crippen LogP contribution in [-0.4, -0.2) is 0 Å². The molecule has 4 nitrogen and oxygen atoms in total. The first-order valence-electron chi connectivity index (χ1n) is 0.730. The zero-order valence-electron chi connectivity index (χ0n) is 2.43. The molecule has 1 radical (unpaired) electrons. The minimum absolute atomic E-state index is 0. The van der Waals surface area contributed by atoms with Crippen LogP contribution in [0.2, 0.25) is 0 Å². The second-order valence-corrected chi connectivity index (χ2v) is 1.34. The van der Waals surface area contributed by atoms with Gasteiger partial charge in [-0.15, -0.1) is 0 Å². The van der Waals surface area contributed by atoms with Crippen LogP contribution in [-0.2, 0) is 4.57 Å². The van der Waals surface area contributed by atoms with Crippen LogP contribution in [0.5, 0.6) is 0 Å². The standard InChI is InChI=1S/Cm.H3O4P/c;1-5(2,3)4/h;(H3,1,2,3,4)/q+3;/p-3. The van der Waals surface area contributed by atoms with Gasteiger partial charge in [-0.2, -0.15) is 7.82 Å². The fraction of sp³-hybridized carbons (Fsp3) is 0. The zero-order chi connectivity index (χ0) is 4.50. The molecular weight excluding hydrogens is 342 g/mol. The second-order valence-electron chi connectivity index (χ2n) is 0.447. The average Bonchev–Trinajstić information content (AvgIpc) is 0.722. The number of hydrogen-bond acceptors (Lipinski definition) is 4. The molecule has 0 saturated heterocycles. The molecule has 0 aliphatic carbocycles. The largest absolute Gasteiger partial charge is 3.00 e. The van der Waals surface area contributed by atoms with Crippen LogP contribution in [0.15, 0.2) is 0 Å². The van der Waals surface area contributed by atoms with Crippen LogP contribution >= 0.6 is 7.82 Å². The molecule has 0 heterocycles. The summed E-state index contributed by atoms with van der Waals surface area (Å²) >= 11 is 0. The van der Waals surface area contributed by atoms with Crippen molar-refractivity contribution < 1.29 is 19.2 Å². The molecule has 0 aliphatic rings. The topological polar surface area (TPSA) is 86.2 Å². The molecular formula is CmO4P. The quantitative estimate of drug-likeness (QED) is 0.445. The average molecular weight is 342 g/mol. The fourth-order valence-electron chi connectivity index (χ4n) is 0. The van der Waals surface area contributed by atoms with Gasteiger partial charge in [0.25, 0.3) is 0 Å². The van der Waals surface area contributed by atoms with Gasteiger partial charge in [0.1, 0.15) is 0 Å². The minimum Gasteiger partial charge on any atom is -0.822 e. The summed E-state index contributed by atoms with van der Waals surface area (Å²) in [6.45, 7) is 0. The molecule has 0 rings (SSSR count). The maximum Gasteiger partial charge on any atom is 3.00 e. The van der Waals surface area contributed by atoms with Crippen molar-refractivity contribution >= 4 is 7.82 Å². The summed E-state index contributed by atoms with van der Waals surface area (Å²) in [5.74, 6) is 0. The number of phosphoric acid groups is 1. The van der Waals surface area contributed by atoms with Crippen LogP contribution in [0, 0.1) is 0 Å². The maximum absolute atomic E-state index is 8.55. The zero-order valence-corrected chi connectivity index (χ0v) is 6.27. The first-order chi connectivity index (χ1) is 2.00. The predicted octanol–water partition coefficient (Wildman–Crippen LogP) is -2.82. The van der Waals surface area contributed by atoms with Crippen molar-refractivity contribution in [1.82, 2.24) is 0 Å². The third-order valence-corrected chi connectivity index (χ3v) is 0. The molecule has 37 valence electrons. The molecule has 0 saturated carbocycles. The van der Waals surface area contributed by atoms with E-state index in [1.54, 1.807) is 0 Å². The second kappa shape index (κ2) is 1.52. The van der Waals surface area contributed by atoms with Crippen molar-refractivity contribution in [2.24, 2.45) is 0 Å². The van der Waals surface area contributed by atoms with Gasteiger partial charge in [0, 0.05) is 0 Å². The van der Waals surface area contributed by atoms with E-state index in [2.05, 4.69) is 0 Å². The van der Waals surface area contributed by atoms with Gasteiger partial charge in [0.2, 0.25) is 0 Å². The van der Waals surface area contributed by atoms with Crippen LogP contribution in [0.1, 0.15) is 0 Å². The van der Waals surface area contributed by atoms with Gasteiger partial charge >= 0.3 is 0 Å². The van der Waals surface area contributed by atoms with E-state index in [0.29, 0.717) is 0 Å². The normalized spacial score (nSPS) is 9.83. The molecule has 0 unspecified atom stereocenters. The Balaban J connectivity index is 0. The van der Waals surface area contributed by atoms with E-state index < -0.39 is 7.82 Å². The third-order valence-electron chi connectivity index (χ3n) is 0. The van der Waals surface area contributed by atoms with Crippen molar-refractivity contribution in [3.05, 3.63) is 0 Å². The first-order valence-corrected chi connectivity index (χ1v) is 2.19. The Kier molecular flexibility index (Phi) is 2.26. The van der Waals surface area contributed by atoms with Gasteiger partial charge in [0.05, 0.1) is 0 Å². The summed E-state index contributed by atoms with van der Waals surface area (Å²) in [7, 11) is -5.39. The van der Waals surface area contributed by atoms with E-state index in [-0.39, 0.29) is 0 Å². The van der Waals surface area contributed by atoms with Gasteiger partial charge in [0.15, 0.2) is 0 Å². The molecule has 6 heavy (non-hydrogen) atoms. The minimum atomic E-state index is -5.39. The summed E-state index contributed by atoms with van der Waals surface area (Å²) < 4.78 is 8.55. The summed E-state index contributed by atoms with van der Waals surface area (Å²) in [4.78, 5) is 25.6. The van der Waals surface area contributed by atoms with E-state index >= 15 is 0 Å². The summed E-state index contributed by atoms with van der Waals surface area (Å²) in [6, 6.07) is 0.